The molecular formula is C17H25ClN2O. The summed E-state index contributed by atoms with van der Waals surface area (Å²) in [6.07, 6.45) is 6.19. The fraction of sp³-hybridized carbons (Fsp3) is 0.588. The van der Waals surface area contributed by atoms with Crippen LogP contribution in [0.4, 0.5) is 0 Å². The average Bonchev–Trinajstić information content (AvgIpc) is 2.98. The van der Waals surface area contributed by atoms with Crippen LogP contribution in [0.3, 0.4) is 0 Å². The van der Waals surface area contributed by atoms with Gasteiger partial charge in [-0.25, -0.2) is 0 Å². The van der Waals surface area contributed by atoms with Crippen LogP contribution in [0.2, 0.25) is 0 Å². The Bertz CT molecular complexity index is 471. The van der Waals surface area contributed by atoms with Gasteiger partial charge in [0.1, 0.15) is 0 Å². The first-order valence-electron chi connectivity index (χ1n) is 7.82. The highest BCUT2D eigenvalue weighted by Gasteiger charge is 2.40. The zero-order valence-corrected chi connectivity index (χ0v) is 13.3. The molecule has 1 aromatic carbocycles. The summed E-state index contributed by atoms with van der Waals surface area (Å²) in [5.41, 5.74) is 7.14. The van der Waals surface area contributed by atoms with Gasteiger partial charge in [-0.15, -0.1) is 12.4 Å². The van der Waals surface area contributed by atoms with Crippen LogP contribution in [0.25, 0.3) is 0 Å². The van der Waals surface area contributed by atoms with Gasteiger partial charge in [0, 0.05) is 19.0 Å². The Morgan fingerprint density at radius 2 is 1.81 bits per heavy atom. The zero-order chi connectivity index (χ0) is 14.0. The number of hydrogen-bond acceptors (Lipinski definition) is 2. The Morgan fingerprint density at radius 1 is 1.14 bits per heavy atom. The normalized spacial score (nSPS) is 24.4. The largest absolute Gasteiger partial charge is 0.340 e. The summed E-state index contributed by atoms with van der Waals surface area (Å²) in [4.78, 5) is 14.7. The maximum atomic E-state index is 12.7. The van der Waals surface area contributed by atoms with Crippen molar-refractivity contribution >= 4 is 18.3 Å². The molecule has 0 aromatic heterocycles. The van der Waals surface area contributed by atoms with Crippen molar-refractivity contribution in [2.45, 2.75) is 50.0 Å². The number of hydrogen-bond donors (Lipinski definition) is 1. The Kier molecular flexibility index (Phi) is 5.28. The van der Waals surface area contributed by atoms with Crippen molar-refractivity contribution in [1.29, 1.82) is 0 Å². The first-order chi connectivity index (χ1) is 9.69. The molecule has 3 nitrogen and oxygen atoms in total. The standard InChI is InChI=1S/C17H24N2O.ClH/c18-17(10-5-2-6-11-17)16(20)19-12-9-15(13-19)14-7-3-1-4-8-14;/h1,3-4,7-8,15H,2,5-6,9-13,18H2;1H. The van der Waals surface area contributed by atoms with E-state index in [0.717, 1.165) is 45.2 Å². The van der Waals surface area contributed by atoms with Crippen molar-refractivity contribution in [1.82, 2.24) is 4.90 Å². The van der Waals surface area contributed by atoms with Crippen LogP contribution in [-0.2, 0) is 4.79 Å². The van der Waals surface area contributed by atoms with Crippen molar-refractivity contribution in [2.75, 3.05) is 13.1 Å². The molecule has 1 aromatic rings. The number of likely N-dealkylation sites (tertiary alicyclic amines) is 1. The van der Waals surface area contributed by atoms with Crippen LogP contribution in [-0.4, -0.2) is 29.4 Å². The molecule has 2 aliphatic rings. The fourth-order valence-electron chi connectivity index (χ4n) is 3.65. The first kappa shape index (κ1) is 16.3. The number of nitrogens with two attached hydrogens (primary N) is 1. The number of nitrogens with zero attached hydrogens (tertiary/aromatic N) is 1. The van der Waals surface area contributed by atoms with Gasteiger partial charge in [-0.1, -0.05) is 49.6 Å². The van der Waals surface area contributed by atoms with Crippen LogP contribution in [0.15, 0.2) is 30.3 Å². The maximum absolute atomic E-state index is 12.7. The lowest BCUT2D eigenvalue weighted by molar-refractivity contribution is -0.137. The molecule has 1 saturated heterocycles. The van der Waals surface area contributed by atoms with Gasteiger partial charge >= 0.3 is 0 Å². The van der Waals surface area contributed by atoms with E-state index in [9.17, 15) is 4.79 Å². The lowest BCUT2D eigenvalue weighted by atomic mass is 9.81. The fourth-order valence-corrected chi connectivity index (χ4v) is 3.65. The summed E-state index contributed by atoms with van der Waals surface area (Å²) in [5.74, 6) is 0.669. The van der Waals surface area contributed by atoms with Crippen molar-refractivity contribution in [3.8, 4) is 0 Å². The SMILES string of the molecule is Cl.NC1(C(=O)N2CCC(c3ccccc3)C2)CCCCC1. The van der Waals surface area contributed by atoms with E-state index in [1.54, 1.807) is 0 Å². The summed E-state index contributed by atoms with van der Waals surface area (Å²) >= 11 is 0. The van der Waals surface area contributed by atoms with Gasteiger partial charge in [-0.2, -0.15) is 0 Å². The molecule has 1 aliphatic heterocycles. The Balaban J connectivity index is 0.00000161. The quantitative estimate of drug-likeness (QED) is 0.912. The second kappa shape index (κ2) is 6.80. The third kappa shape index (κ3) is 3.41. The molecule has 1 aliphatic carbocycles. The summed E-state index contributed by atoms with van der Waals surface area (Å²) in [7, 11) is 0. The molecule has 0 bridgehead atoms. The number of carbonyl (C=O) groups excluding carboxylic acids is 1. The smallest absolute Gasteiger partial charge is 0.242 e. The third-order valence-corrected chi connectivity index (χ3v) is 4.92. The molecule has 1 atom stereocenters. The molecule has 1 unspecified atom stereocenters. The van der Waals surface area contributed by atoms with Crippen LogP contribution in [0.5, 0.6) is 0 Å². The maximum Gasteiger partial charge on any atom is 0.242 e. The van der Waals surface area contributed by atoms with Crippen molar-refractivity contribution in [3.63, 3.8) is 0 Å². The van der Waals surface area contributed by atoms with Crippen LogP contribution >= 0.6 is 12.4 Å². The topological polar surface area (TPSA) is 46.3 Å². The summed E-state index contributed by atoms with van der Waals surface area (Å²) in [6, 6.07) is 10.5. The first-order valence-corrected chi connectivity index (χ1v) is 7.82. The van der Waals surface area contributed by atoms with E-state index in [0.29, 0.717) is 5.92 Å². The molecule has 0 radical (unpaired) electrons. The van der Waals surface area contributed by atoms with Crippen molar-refractivity contribution < 1.29 is 4.79 Å². The number of benzene rings is 1. The second-order valence-electron chi connectivity index (χ2n) is 6.36. The van der Waals surface area contributed by atoms with Gasteiger partial charge in [0.2, 0.25) is 5.91 Å². The van der Waals surface area contributed by atoms with E-state index < -0.39 is 5.54 Å². The zero-order valence-electron chi connectivity index (χ0n) is 12.5. The predicted molar refractivity (Wildman–Crippen MR) is 87.6 cm³/mol. The van der Waals surface area contributed by atoms with E-state index in [-0.39, 0.29) is 18.3 Å². The minimum atomic E-state index is -0.580. The third-order valence-electron chi connectivity index (χ3n) is 4.92. The van der Waals surface area contributed by atoms with E-state index in [1.807, 2.05) is 11.0 Å². The summed E-state index contributed by atoms with van der Waals surface area (Å²) in [6.45, 7) is 1.69. The molecule has 2 N–H and O–H groups in total. The molecule has 2 fully saturated rings. The minimum Gasteiger partial charge on any atom is -0.340 e. The summed E-state index contributed by atoms with van der Waals surface area (Å²) in [5, 5.41) is 0. The number of rotatable bonds is 2. The van der Waals surface area contributed by atoms with Crippen molar-refractivity contribution in [2.24, 2.45) is 5.73 Å². The highest BCUT2D eigenvalue weighted by molar-refractivity contribution is 5.86. The van der Waals surface area contributed by atoms with E-state index in [2.05, 4.69) is 24.3 Å². The van der Waals surface area contributed by atoms with Crippen LogP contribution in [0, 0.1) is 0 Å². The van der Waals surface area contributed by atoms with Crippen molar-refractivity contribution in [3.05, 3.63) is 35.9 Å². The van der Waals surface area contributed by atoms with Gasteiger partial charge in [0.25, 0.3) is 0 Å². The highest BCUT2D eigenvalue weighted by Crippen LogP contribution is 2.32. The lowest BCUT2D eigenvalue weighted by Crippen LogP contribution is -2.55. The molecule has 1 amide bonds. The van der Waals surface area contributed by atoms with Gasteiger partial charge in [0.15, 0.2) is 0 Å². The predicted octanol–water partition coefficient (Wildman–Crippen LogP) is 3.09. The molecule has 3 rings (SSSR count). The second-order valence-corrected chi connectivity index (χ2v) is 6.36. The van der Waals surface area contributed by atoms with Gasteiger partial charge < -0.3 is 10.6 Å². The van der Waals surface area contributed by atoms with E-state index >= 15 is 0 Å². The Labute approximate surface area is 133 Å². The molecular weight excluding hydrogens is 284 g/mol. The molecule has 4 heteroatoms. The number of halogens is 1. The minimum absolute atomic E-state index is 0. The Morgan fingerprint density at radius 3 is 2.48 bits per heavy atom. The Hall–Kier alpha value is -1.06. The molecule has 116 valence electrons. The van der Waals surface area contributed by atoms with Gasteiger partial charge in [0.05, 0.1) is 5.54 Å². The van der Waals surface area contributed by atoms with Gasteiger partial charge in [-0.05, 0) is 24.8 Å². The van der Waals surface area contributed by atoms with E-state index in [1.165, 1.54) is 12.0 Å². The molecule has 1 saturated carbocycles. The number of amides is 1. The van der Waals surface area contributed by atoms with Gasteiger partial charge in [-0.3, -0.25) is 4.79 Å². The molecule has 21 heavy (non-hydrogen) atoms. The average molecular weight is 309 g/mol. The molecule has 0 spiro atoms. The monoisotopic (exact) mass is 308 g/mol. The lowest BCUT2D eigenvalue weighted by Gasteiger charge is -2.35. The van der Waals surface area contributed by atoms with Crippen LogP contribution < -0.4 is 5.73 Å². The highest BCUT2D eigenvalue weighted by atomic mass is 35.5. The number of carbonyl (C=O) groups is 1. The molecule has 1 heterocycles. The summed E-state index contributed by atoms with van der Waals surface area (Å²) < 4.78 is 0. The van der Waals surface area contributed by atoms with E-state index in [4.69, 9.17) is 5.73 Å². The van der Waals surface area contributed by atoms with Crippen LogP contribution in [0.1, 0.15) is 50.0 Å².